The smallest absolute Gasteiger partial charge is 0.280 e. The van der Waals surface area contributed by atoms with Crippen molar-refractivity contribution in [3.8, 4) is 11.3 Å². The molecule has 0 bridgehead atoms. The van der Waals surface area contributed by atoms with Crippen LogP contribution in [0.25, 0.3) is 11.3 Å². The molecule has 1 amide bonds. The Morgan fingerprint density at radius 1 is 1.32 bits per heavy atom. The summed E-state index contributed by atoms with van der Waals surface area (Å²) in [7, 11) is 0. The van der Waals surface area contributed by atoms with E-state index in [0.29, 0.717) is 24.3 Å². The maximum Gasteiger partial charge on any atom is 0.280 e. The second-order valence-electron chi connectivity index (χ2n) is 6.45. The maximum atomic E-state index is 11.2. The number of amides is 1. The first-order valence-electron chi connectivity index (χ1n) is 8.36. The molecule has 1 fully saturated rings. The summed E-state index contributed by atoms with van der Waals surface area (Å²) in [4.78, 5) is 24.1. The fraction of sp³-hybridized carbons (Fsp3) is 0.389. The Morgan fingerprint density at radius 3 is 2.88 bits per heavy atom. The number of hydrogen-bond donors (Lipinski definition) is 1. The van der Waals surface area contributed by atoms with Gasteiger partial charge < -0.3 is 10.2 Å². The minimum Gasteiger partial charge on any atom is -0.459 e. The lowest BCUT2D eigenvalue weighted by Gasteiger charge is -2.31. The molecule has 1 aromatic heterocycles. The number of nitrogens with two attached hydrogens (primary N) is 1. The van der Waals surface area contributed by atoms with Crippen molar-refractivity contribution in [3.05, 3.63) is 52.3 Å². The van der Waals surface area contributed by atoms with Crippen LogP contribution in [0.3, 0.4) is 0 Å². The molecule has 1 aromatic carbocycles. The Balaban J connectivity index is 1.70. The van der Waals surface area contributed by atoms with Crippen molar-refractivity contribution in [1.82, 2.24) is 4.90 Å². The highest BCUT2D eigenvalue weighted by atomic mass is 16.6. The average molecular weight is 343 g/mol. The van der Waals surface area contributed by atoms with Crippen LogP contribution in [-0.2, 0) is 11.3 Å². The van der Waals surface area contributed by atoms with Crippen LogP contribution in [0.2, 0.25) is 0 Å². The largest absolute Gasteiger partial charge is 0.459 e. The van der Waals surface area contributed by atoms with E-state index < -0.39 is 4.92 Å². The van der Waals surface area contributed by atoms with E-state index in [1.54, 1.807) is 24.3 Å². The first-order valence-corrected chi connectivity index (χ1v) is 8.36. The van der Waals surface area contributed by atoms with Crippen LogP contribution in [0.1, 0.15) is 25.0 Å². The van der Waals surface area contributed by atoms with E-state index in [1.807, 2.05) is 6.07 Å². The third-order valence-corrected chi connectivity index (χ3v) is 4.50. The summed E-state index contributed by atoms with van der Waals surface area (Å²) < 4.78 is 5.84. The summed E-state index contributed by atoms with van der Waals surface area (Å²) in [5.74, 6) is 1.28. The molecule has 1 saturated heterocycles. The summed E-state index contributed by atoms with van der Waals surface area (Å²) in [6, 6.07) is 10.2. The molecule has 25 heavy (non-hydrogen) atoms. The Labute approximate surface area is 145 Å². The van der Waals surface area contributed by atoms with E-state index in [2.05, 4.69) is 4.90 Å². The van der Waals surface area contributed by atoms with Crippen LogP contribution in [0.4, 0.5) is 5.69 Å². The number of rotatable bonds is 6. The van der Waals surface area contributed by atoms with Crippen LogP contribution in [0.15, 0.2) is 40.8 Å². The van der Waals surface area contributed by atoms with Crippen molar-refractivity contribution in [1.29, 1.82) is 0 Å². The van der Waals surface area contributed by atoms with E-state index in [0.717, 1.165) is 31.7 Å². The first kappa shape index (κ1) is 17.2. The number of nitro groups is 1. The van der Waals surface area contributed by atoms with Gasteiger partial charge in [-0.1, -0.05) is 12.1 Å². The summed E-state index contributed by atoms with van der Waals surface area (Å²) in [5, 5.41) is 11.2. The monoisotopic (exact) mass is 343 g/mol. The number of para-hydroxylation sites is 1. The minimum atomic E-state index is -0.406. The Morgan fingerprint density at radius 2 is 2.12 bits per heavy atom. The first-order chi connectivity index (χ1) is 12.0. The second kappa shape index (κ2) is 7.48. The van der Waals surface area contributed by atoms with Gasteiger partial charge in [-0.25, -0.2) is 0 Å². The molecule has 7 nitrogen and oxygen atoms in total. The maximum absolute atomic E-state index is 11.2. The van der Waals surface area contributed by atoms with Crippen LogP contribution >= 0.6 is 0 Å². The summed E-state index contributed by atoms with van der Waals surface area (Å²) >= 11 is 0. The van der Waals surface area contributed by atoms with Gasteiger partial charge in [0.05, 0.1) is 17.0 Å². The van der Waals surface area contributed by atoms with Crippen molar-refractivity contribution in [2.24, 2.45) is 11.7 Å². The zero-order chi connectivity index (χ0) is 17.8. The molecule has 0 spiro atoms. The zero-order valence-corrected chi connectivity index (χ0v) is 13.9. The molecule has 0 radical (unpaired) electrons. The van der Waals surface area contributed by atoms with Crippen molar-refractivity contribution < 1.29 is 14.1 Å². The number of benzene rings is 1. The van der Waals surface area contributed by atoms with Gasteiger partial charge in [-0.15, -0.1) is 0 Å². The number of nitro benzene ring substituents is 1. The lowest BCUT2D eigenvalue weighted by Crippen LogP contribution is -2.36. The van der Waals surface area contributed by atoms with Gasteiger partial charge in [-0.05, 0) is 43.5 Å². The predicted octanol–water partition coefficient (Wildman–Crippen LogP) is 2.94. The lowest BCUT2D eigenvalue weighted by atomic mass is 9.94. The molecule has 2 N–H and O–H groups in total. The highest BCUT2D eigenvalue weighted by Crippen LogP contribution is 2.31. The van der Waals surface area contributed by atoms with E-state index in [9.17, 15) is 14.9 Å². The van der Waals surface area contributed by atoms with Crippen LogP contribution in [-0.4, -0.2) is 28.8 Å². The lowest BCUT2D eigenvalue weighted by molar-refractivity contribution is -0.384. The SMILES string of the molecule is NC(=O)C[C@@H]1CCCN(Cc2ccc(-c3ccccc3[N+](=O)[O-])o2)C1. The van der Waals surface area contributed by atoms with E-state index >= 15 is 0 Å². The summed E-state index contributed by atoms with van der Waals surface area (Å²) in [6.45, 7) is 2.37. The van der Waals surface area contributed by atoms with Crippen molar-refractivity contribution in [2.75, 3.05) is 13.1 Å². The van der Waals surface area contributed by atoms with Gasteiger partial charge >= 0.3 is 0 Å². The number of furan rings is 1. The third kappa shape index (κ3) is 4.24. The molecule has 2 heterocycles. The molecule has 0 aliphatic carbocycles. The molecular weight excluding hydrogens is 322 g/mol. The molecule has 3 rings (SSSR count). The quantitative estimate of drug-likeness (QED) is 0.641. The van der Waals surface area contributed by atoms with Crippen molar-refractivity contribution in [2.45, 2.75) is 25.8 Å². The normalized spacial score (nSPS) is 18.2. The average Bonchev–Trinajstić information content (AvgIpc) is 3.03. The van der Waals surface area contributed by atoms with E-state index in [1.165, 1.54) is 6.07 Å². The highest BCUT2D eigenvalue weighted by molar-refractivity contribution is 5.74. The number of carbonyl (C=O) groups excluding carboxylic acids is 1. The molecule has 1 aliphatic heterocycles. The van der Waals surface area contributed by atoms with E-state index in [-0.39, 0.29) is 17.5 Å². The van der Waals surface area contributed by atoms with Gasteiger partial charge in [-0.2, -0.15) is 0 Å². The zero-order valence-electron chi connectivity index (χ0n) is 13.9. The van der Waals surface area contributed by atoms with Gasteiger partial charge in [0.25, 0.3) is 5.69 Å². The Bertz CT molecular complexity index is 771. The molecule has 0 unspecified atom stereocenters. The third-order valence-electron chi connectivity index (χ3n) is 4.50. The number of carbonyl (C=O) groups is 1. The molecule has 0 saturated carbocycles. The van der Waals surface area contributed by atoms with Crippen LogP contribution in [0, 0.1) is 16.0 Å². The molecule has 1 aliphatic rings. The number of piperidine rings is 1. The predicted molar refractivity (Wildman–Crippen MR) is 92.6 cm³/mol. The minimum absolute atomic E-state index is 0.0305. The number of likely N-dealkylation sites (tertiary alicyclic amines) is 1. The molecule has 132 valence electrons. The highest BCUT2D eigenvalue weighted by Gasteiger charge is 2.23. The Hall–Kier alpha value is -2.67. The topological polar surface area (TPSA) is 103 Å². The Kier molecular flexibility index (Phi) is 5.14. The van der Waals surface area contributed by atoms with E-state index in [4.69, 9.17) is 10.2 Å². The number of primary amides is 1. The number of nitrogens with zero attached hydrogens (tertiary/aromatic N) is 2. The van der Waals surface area contributed by atoms with Crippen LogP contribution < -0.4 is 5.73 Å². The van der Waals surface area contributed by atoms with Crippen molar-refractivity contribution >= 4 is 11.6 Å². The van der Waals surface area contributed by atoms with Gasteiger partial charge in [-0.3, -0.25) is 19.8 Å². The number of hydrogen-bond acceptors (Lipinski definition) is 5. The summed E-state index contributed by atoms with van der Waals surface area (Å²) in [5.41, 5.74) is 5.80. The molecule has 1 atom stereocenters. The molecule has 7 heteroatoms. The van der Waals surface area contributed by atoms with Gasteiger partial charge in [0.2, 0.25) is 5.91 Å². The molecular formula is C18H21N3O4. The van der Waals surface area contributed by atoms with Gasteiger partial charge in [0.15, 0.2) is 0 Å². The van der Waals surface area contributed by atoms with Gasteiger partial charge in [0.1, 0.15) is 11.5 Å². The van der Waals surface area contributed by atoms with Gasteiger partial charge in [0, 0.05) is 19.0 Å². The summed E-state index contributed by atoms with van der Waals surface area (Å²) in [6.07, 6.45) is 2.45. The van der Waals surface area contributed by atoms with Crippen molar-refractivity contribution in [3.63, 3.8) is 0 Å². The fourth-order valence-electron chi connectivity index (χ4n) is 3.42. The standard InChI is InChI=1S/C18H21N3O4/c19-18(22)10-13-4-3-9-20(11-13)12-14-7-8-17(25-14)15-5-1-2-6-16(15)21(23)24/h1-2,5-8,13H,3-4,9-12H2,(H2,19,22)/t13-/m0/s1. The van der Waals surface area contributed by atoms with Crippen LogP contribution in [0.5, 0.6) is 0 Å². The fourth-order valence-corrected chi connectivity index (χ4v) is 3.42. The molecule has 2 aromatic rings. The second-order valence-corrected chi connectivity index (χ2v) is 6.45.